The zero-order chi connectivity index (χ0) is 19.6. The Balaban J connectivity index is 1.60. The lowest BCUT2D eigenvalue weighted by molar-refractivity contribution is 0.302. The number of hydrogen-bond donors (Lipinski definition) is 2. The summed E-state index contributed by atoms with van der Waals surface area (Å²) in [5, 5.41) is 0. The van der Waals surface area contributed by atoms with Crippen molar-refractivity contribution in [3.05, 3.63) is 59.7 Å². The summed E-state index contributed by atoms with van der Waals surface area (Å²) < 4.78 is 5.97. The van der Waals surface area contributed by atoms with E-state index < -0.39 is 5.66 Å². The minimum Gasteiger partial charge on any atom is -0.489 e. The van der Waals surface area contributed by atoms with Gasteiger partial charge in [-0.1, -0.05) is 36.8 Å². The lowest BCUT2D eigenvalue weighted by atomic mass is 9.87. The average molecular weight is 377 g/mol. The van der Waals surface area contributed by atoms with Crippen LogP contribution in [-0.2, 0) is 6.61 Å². The van der Waals surface area contributed by atoms with Gasteiger partial charge in [-0.2, -0.15) is 4.99 Å². The van der Waals surface area contributed by atoms with E-state index in [4.69, 9.17) is 21.2 Å². The third-order valence-corrected chi connectivity index (χ3v) is 5.51. The van der Waals surface area contributed by atoms with E-state index in [2.05, 4.69) is 28.9 Å². The molecule has 4 rings (SSSR count). The number of anilines is 1. The van der Waals surface area contributed by atoms with Crippen molar-refractivity contribution in [2.45, 2.75) is 51.3 Å². The van der Waals surface area contributed by atoms with Crippen LogP contribution >= 0.6 is 0 Å². The molecule has 0 amide bonds. The van der Waals surface area contributed by atoms with Gasteiger partial charge in [0.2, 0.25) is 11.9 Å². The second-order valence-electron chi connectivity index (χ2n) is 7.54. The molecule has 1 heterocycles. The van der Waals surface area contributed by atoms with Gasteiger partial charge in [-0.3, -0.25) is 4.90 Å². The van der Waals surface area contributed by atoms with Gasteiger partial charge in [0.15, 0.2) is 0 Å². The molecule has 0 bridgehead atoms. The van der Waals surface area contributed by atoms with Crippen molar-refractivity contribution in [2.24, 2.45) is 21.5 Å². The lowest BCUT2D eigenvalue weighted by Gasteiger charge is -2.46. The number of rotatable bonds is 4. The highest BCUT2D eigenvalue weighted by Crippen LogP contribution is 2.41. The Bertz CT molecular complexity index is 900. The Morgan fingerprint density at radius 2 is 1.79 bits per heavy atom. The molecule has 4 N–H and O–H groups in total. The van der Waals surface area contributed by atoms with Gasteiger partial charge in [-0.05, 0) is 61.9 Å². The molecule has 0 unspecified atom stereocenters. The summed E-state index contributed by atoms with van der Waals surface area (Å²) in [6.07, 6.45) is 5.29. The predicted octanol–water partition coefficient (Wildman–Crippen LogP) is 3.68. The number of aryl methyl sites for hydroxylation is 1. The molecule has 28 heavy (non-hydrogen) atoms. The van der Waals surface area contributed by atoms with Gasteiger partial charge in [-0.15, -0.1) is 0 Å². The highest BCUT2D eigenvalue weighted by atomic mass is 16.5. The first-order chi connectivity index (χ1) is 13.6. The Morgan fingerprint density at radius 3 is 2.50 bits per heavy atom. The van der Waals surface area contributed by atoms with E-state index in [1.807, 2.05) is 36.4 Å². The fourth-order valence-corrected chi connectivity index (χ4v) is 4.18. The van der Waals surface area contributed by atoms with Crippen LogP contribution in [-0.4, -0.2) is 17.6 Å². The largest absolute Gasteiger partial charge is 0.489 e. The van der Waals surface area contributed by atoms with Gasteiger partial charge in [0.05, 0.1) is 0 Å². The summed E-state index contributed by atoms with van der Waals surface area (Å²) in [7, 11) is 0. The average Bonchev–Trinajstić information content (AvgIpc) is 2.68. The number of nitrogens with zero attached hydrogens (tertiary/aromatic N) is 3. The lowest BCUT2D eigenvalue weighted by Crippen LogP contribution is -2.58. The number of guanidine groups is 2. The van der Waals surface area contributed by atoms with E-state index in [-0.39, 0.29) is 5.96 Å². The highest BCUT2D eigenvalue weighted by molar-refractivity contribution is 6.06. The normalized spacial score (nSPS) is 18.5. The van der Waals surface area contributed by atoms with Crippen LogP contribution in [0.25, 0.3) is 0 Å². The minimum atomic E-state index is -0.425. The Kier molecular flexibility index (Phi) is 4.94. The molecule has 1 aliphatic carbocycles. The molecule has 2 aliphatic rings. The minimum absolute atomic E-state index is 0.274. The van der Waals surface area contributed by atoms with Crippen molar-refractivity contribution in [2.75, 3.05) is 4.90 Å². The molecule has 0 radical (unpaired) electrons. The summed E-state index contributed by atoms with van der Waals surface area (Å²) in [6, 6.07) is 16.2. The van der Waals surface area contributed by atoms with Crippen LogP contribution in [0.4, 0.5) is 5.69 Å². The SMILES string of the molecule is Cc1cc(OCc2ccccc2)ccc1N1C(N)=NC(N)=NC12CCCCC2. The van der Waals surface area contributed by atoms with Crippen LogP contribution in [0.15, 0.2) is 58.5 Å². The molecule has 2 aromatic rings. The van der Waals surface area contributed by atoms with Crippen LogP contribution < -0.4 is 21.1 Å². The molecule has 1 fully saturated rings. The van der Waals surface area contributed by atoms with E-state index in [1.165, 1.54) is 6.42 Å². The quantitative estimate of drug-likeness (QED) is 0.850. The zero-order valence-corrected chi connectivity index (χ0v) is 16.3. The van der Waals surface area contributed by atoms with Gasteiger partial charge in [0.1, 0.15) is 18.0 Å². The van der Waals surface area contributed by atoms with Gasteiger partial charge >= 0.3 is 0 Å². The molecule has 0 atom stereocenters. The molecule has 1 saturated carbocycles. The summed E-state index contributed by atoms with van der Waals surface area (Å²) in [4.78, 5) is 11.1. The molecule has 0 aromatic heterocycles. The van der Waals surface area contributed by atoms with Gasteiger partial charge in [0.25, 0.3) is 0 Å². The zero-order valence-electron chi connectivity index (χ0n) is 16.3. The summed E-state index contributed by atoms with van der Waals surface area (Å²) in [5.74, 6) is 1.52. The first kappa shape index (κ1) is 18.3. The molecule has 0 saturated heterocycles. The molecule has 6 nitrogen and oxygen atoms in total. The fourth-order valence-electron chi connectivity index (χ4n) is 4.18. The van der Waals surface area contributed by atoms with Crippen LogP contribution in [0.2, 0.25) is 0 Å². The van der Waals surface area contributed by atoms with E-state index in [1.54, 1.807) is 0 Å². The maximum atomic E-state index is 6.33. The molecular weight excluding hydrogens is 350 g/mol. The first-order valence-corrected chi connectivity index (χ1v) is 9.84. The van der Waals surface area contributed by atoms with Crippen LogP contribution in [0, 0.1) is 6.92 Å². The Hall–Kier alpha value is -3.02. The molecule has 146 valence electrons. The number of hydrogen-bond acceptors (Lipinski definition) is 6. The molecule has 1 aliphatic heterocycles. The maximum Gasteiger partial charge on any atom is 0.220 e. The predicted molar refractivity (Wildman–Crippen MR) is 113 cm³/mol. The van der Waals surface area contributed by atoms with Crippen molar-refractivity contribution in [1.29, 1.82) is 0 Å². The Morgan fingerprint density at radius 1 is 1.04 bits per heavy atom. The van der Waals surface area contributed by atoms with Crippen molar-refractivity contribution < 1.29 is 4.74 Å². The number of ether oxygens (including phenoxy) is 1. The number of aliphatic imine (C=N–C) groups is 2. The van der Waals surface area contributed by atoms with Crippen molar-refractivity contribution in [3.63, 3.8) is 0 Å². The second-order valence-corrected chi connectivity index (χ2v) is 7.54. The third-order valence-electron chi connectivity index (χ3n) is 5.51. The van der Waals surface area contributed by atoms with E-state index in [0.29, 0.717) is 12.6 Å². The Labute approximate surface area is 165 Å². The third kappa shape index (κ3) is 3.54. The van der Waals surface area contributed by atoms with E-state index in [9.17, 15) is 0 Å². The fraction of sp³-hybridized carbons (Fsp3) is 0.364. The van der Waals surface area contributed by atoms with Crippen molar-refractivity contribution in [1.82, 2.24) is 0 Å². The number of benzene rings is 2. The van der Waals surface area contributed by atoms with Crippen LogP contribution in [0.3, 0.4) is 0 Å². The summed E-state index contributed by atoms with van der Waals surface area (Å²) in [5.41, 5.74) is 15.1. The highest BCUT2D eigenvalue weighted by Gasteiger charge is 2.43. The number of nitrogens with two attached hydrogens (primary N) is 2. The van der Waals surface area contributed by atoms with Crippen LogP contribution in [0.5, 0.6) is 5.75 Å². The van der Waals surface area contributed by atoms with Gasteiger partial charge in [0, 0.05) is 5.69 Å². The smallest absolute Gasteiger partial charge is 0.220 e. The van der Waals surface area contributed by atoms with Gasteiger partial charge < -0.3 is 16.2 Å². The monoisotopic (exact) mass is 377 g/mol. The summed E-state index contributed by atoms with van der Waals surface area (Å²) in [6.45, 7) is 2.61. The standard InChI is InChI=1S/C22H27N5O/c1-16-14-18(28-15-17-8-4-2-5-9-17)10-11-19(16)27-21(24)25-20(23)26-22(27)12-6-3-7-13-22/h2,4-5,8-11,14H,3,6-7,12-13,15H2,1H3,(H4,23,24,25,26). The first-order valence-electron chi connectivity index (χ1n) is 9.84. The van der Waals surface area contributed by atoms with Gasteiger partial charge in [-0.25, -0.2) is 4.99 Å². The van der Waals surface area contributed by atoms with Crippen molar-refractivity contribution >= 4 is 17.6 Å². The topological polar surface area (TPSA) is 89.2 Å². The van der Waals surface area contributed by atoms with Crippen molar-refractivity contribution in [3.8, 4) is 5.75 Å². The molecule has 1 spiro atoms. The van der Waals surface area contributed by atoms with E-state index in [0.717, 1.165) is 48.2 Å². The maximum absolute atomic E-state index is 6.33. The van der Waals surface area contributed by atoms with E-state index >= 15 is 0 Å². The van der Waals surface area contributed by atoms with Crippen LogP contribution in [0.1, 0.15) is 43.2 Å². The summed E-state index contributed by atoms with van der Waals surface area (Å²) >= 11 is 0. The molecule has 6 heteroatoms. The molecular formula is C22H27N5O. The second kappa shape index (κ2) is 7.54. The molecule has 2 aromatic carbocycles.